The van der Waals surface area contributed by atoms with Crippen molar-refractivity contribution in [3.63, 3.8) is 0 Å². The lowest BCUT2D eigenvalue weighted by atomic mass is 10.1. The van der Waals surface area contributed by atoms with Crippen LogP contribution in [0.3, 0.4) is 0 Å². The summed E-state index contributed by atoms with van der Waals surface area (Å²) in [4.78, 5) is 26.1. The number of carbonyl (C=O) groups excluding carboxylic acids is 1. The van der Waals surface area contributed by atoms with Crippen LogP contribution in [-0.2, 0) is 0 Å². The molecule has 0 N–H and O–H groups in total. The minimum atomic E-state index is -4.62. The molecule has 1 heterocycles. The molecule has 0 fully saturated rings. The lowest BCUT2D eigenvalue weighted by Gasteiger charge is -2.27. The summed E-state index contributed by atoms with van der Waals surface area (Å²) in [6, 6.07) is 0.170. The Morgan fingerprint density at radius 3 is 2.52 bits per heavy atom. The summed E-state index contributed by atoms with van der Waals surface area (Å²) in [6.45, 7) is 1.23. The zero-order valence-corrected chi connectivity index (χ0v) is 11.8. The van der Waals surface area contributed by atoms with Gasteiger partial charge in [-0.3, -0.25) is 14.9 Å². The van der Waals surface area contributed by atoms with Gasteiger partial charge in [0.15, 0.2) is 0 Å². The van der Waals surface area contributed by atoms with Gasteiger partial charge in [0.25, 0.3) is 5.91 Å². The Morgan fingerprint density at radius 1 is 1.52 bits per heavy atom. The number of hydrogen-bond donors (Lipinski definition) is 0. The summed E-state index contributed by atoms with van der Waals surface area (Å²) in [5.74, 6) is -1.13. The molecule has 0 spiro atoms. The molecule has 1 amide bonds. The highest BCUT2D eigenvalue weighted by molar-refractivity contribution is 6.32. The summed E-state index contributed by atoms with van der Waals surface area (Å²) in [5, 5.41) is 10.4. The lowest BCUT2D eigenvalue weighted by Crippen LogP contribution is -2.43. The highest BCUT2D eigenvalue weighted by Gasteiger charge is 2.37. The van der Waals surface area contributed by atoms with E-state index in [0.29, 0.717) is 4.90 Å². The molecule has 0 aliphatic heterocycles. The third kappa shape index (κ3) is 4.28. The Labute approximate surface area is 122 Å². The molecule has 10 heteroatoms. The fourth-order valence-corrected chi connectivity index (χ4v) is 1.84. The Hall–Kier alpha value is -1.90. The van der Waals surface area contributed by atoms with E-state index in [1.807, 2.05) is 0 Å². The fourth-order valence-electron chi connectivity index (χ4n) is 1.61. The monoisotopic (exact) mass is 325 g/mol. The maximum atomic E-state index is 12.5. The van der Waals surface area contributed by atoms with Crippen LogP contribution in [0.2, 0.25) is 5.15 Å². The molecular formula is C11H11ClF3N3O3. The topological polar surface area (TPSA) is 76.3 Å². The standard InChI is InChI=1S/C11H11ClF3N3O3/c1-6(2)17(5-11(13,14)15)10(19)7-3-4-16-9(12)8(7)18(20)21/h3-4,6H,5H2,1-2H3. The number of alkyl halides is 3. The quantitative estimate of drug-likeness (QED) is 0.484. The van der Waals surface area contributed by atoms with Gasteiger partial charge in [-0.1, -0.05) is 11.6 Å². The fraction of sp³-hybridized carbons (Fsp3) is 0.455. The third-order valence-electron chi connectivity index (χ3n) is 2.53. The molecule has 0 aromatic carbocycles. The molecule has 116 valence electrons. The van der Waals surface area contributed by atoms with E-state index in [1.54, 1.807) is 0 Å². The van der Waals surface area contributed by atoms with E-state index in [2.05, 4.69) is 4.98 Å². The maximum absolute atomic E-state index is 12.5. The summed E-state index contributed by atoms with van der Waals surface area (Å²) in [6.07, 6.45) is -3.60. The zero-order chi connectivity index (χ0) is 16.4. The smallest absolute Gasteiger partial charge is 0.327 e. The third-order valence-corrected chi connectivity index (χ3v) is 2.80. The molecule has 0 aliphatic carbocycles. The summed E-state index contributed by atoms with van der Waals surface area (Å²) in [5.41, 5.74) is -1.34. The van der Waals surface area contributed by atoms with Gasteiger partial charge in [-0.2, -0.15) is 13.2 Å². The first-order valence-electron chi connectivity index (χ1n) is 5.71. The summed E-state index contributed by atoms with van der Waals surface area (Å²) in [7, 11) is 0. The zero-order valence-electron chi connectivity index (χ0n) is 11.0. The van der Waals surface area contributed by atoms with Gasteiger partial charge in [-0.05, 0) is 19.9 Å². The molecule has 6 nitrogen and oxygen atoms in total. The molecule has 21 heavy (non-hydrogen) atoms. The first kappa shape index (κ1) is 17.2. The molecular weight excluding hydrogens is 315 g/mol. The lowest BCUT2D eigenvalue weighted by molar-refractivity contribution is -0.385. The van der Waals surface area contributed by atoms with Crippen molar-refractivity contribution in [3.8, 4) is 0 Å². The van der Waals surface area contributed by atoms with Gasteiger partial charge in [0, 0.05) is 12.2 Å². The Bertz CT molecular complexity index is 563. The van der Waals surface area contributed by atoms with Crippen LogP contribution in [0.25, 0.3) is 0 Å². The number of nitrogens with zero attached hydrogens (tertiary/aromatic N) is 3. The number of pyridine rings is 1. The summed E-state index contributed by atoms with van der Waals surface area (Å²) >= 11 is 5.54. The van der Waals surface area contributed by atoms with E-state index in [-0.39, 0.29) is 0 Å². The van der Waals surface area contributed by atoms with E-state index in [9.17, 15) is 28.1 Å². The molecule has 0 aliphatic rings. The molecule has 0 atom stereocenters. The van der Waals surface area contributed by atoms with Crippen molar-refractivity contribution in [2.24, 2.45) is 0 Å². The van der Waals surface area contributed by atoms with Gasteiger partial charge in [0.2, 0.25) is 5.15 Å². The molecule has 0 saturated heterocycles. The van der Waals surface area contributed by atoms with Crippen molar-refractivity contribution < 1.29 is 22.9 Å². The van der Waals surface area contributed by atoms with E-state index in [4.69, 9.17) is 11.6 Å². The number of rotatable bonds is 4. The normalized spacial score (nSPS) is 11.6. The molecule has 0 bridgehead atoms. The average Bonchev–Trinajstić information content (AvgIpc) is 2.33. The highest BCUT2D eigenvalue weighted by atomic mass is 35.5. The first-order valence-corrected chi connectivity index (χ1v) is 6.09. The van der Waals surface area contributed by atoms with Crippen molar-refractivity contribution >= 4 is 23.2 Å². The van der Waals surface area contributed by atoms with E-state index < -0.39 is 46.0 Å². The SMILES string of the molecule is CC(C)N(CC(F)(F)F)C(=O)c1ccnc(Cl)c1[N+](=O)[O-]. The molecule has 0 unspecified atom stereocenters. The van der Waals surface area contributed by atoms with Crippen LogP contribution in [0.1, 0.15) is 24.2 Å². The number of aromatic nitrogens is 1. The van der Waals surface area contributed by atoms with Crippen LogP contribution in [0.5, 0.6) is 0 Å². The first-order chi connectivity index (χ1) is 9.54. The predicted octanol–water partition coefficient (Wildman–Crippen LogP) is 3.06. The van der Waals surface area contributed by atoms with E-state index in [1.165, 1.54) is 13.8 Å². The van der Waals surface area contributed by atoms with Gasteiger partial charge >= 0.3 is 11.9 Å². The molecule has 1 rings (SSSR count). The van der Waals surface area contributed by atoms with E-state index >= 15 is 0 Å². The minimum absolute atomic E-state index is 0.485. The second kappa shape index (κ2) is 6.25. The van der Waals surface area contributed by atoms with Crippen molar-refractivity contribution in [1.29, 1.82) is 0 Å². The van der Waals surface area contributed by atoms with Crippen molar-refractivity contribution in [2.75, 3.05) is 6.54 Å². The van der Waals surface area contributed by atoms with Crippen LogP contribution in [0, 0.1) is 10.1 Å². The van der Waals surface area contributed by atoms with Crippen molar-refractivity contribution in [3.05, 3.63) is 33.1 Å². The Kier molecular flexibility index (Phi) is 5.10. The van der Waals surface area contributed by atoms with Gasteiger partial charge in [-0.15, -0.1) is 0 Å². The van der Waals surface area contributed by atoms with Gasteiger partial charge in [-0.25, -0.2) is 4.98 Å². The maximum Gasteiger partial charge on any atom is 0.406 e. The Balaban J connectivity index is 3.28. The Morgan fingerprint density at radius 2 is 2.10 bits per heavy atom. The average molecular weight is 326 g/mol. The largest absolute Gasteiger partial charge is 0.406 e. The van der Waals surface area contributed by atoms with Crippen LogP contribution < -0.4 is 0 Å². The minimum Gasteiger partial charge on any atom is -0.327 e. The van der Waals surface area contributed by atoms with Gasteiger partial charge in [0.1, 0.15) is 12.1 Å². The highest BCUT2D eigenvalue weighted by Crippen LogP contribution is 2.28. The van der Waals surface area contributed by atoms with Crippen LogP contribution >= 0.6 is 11.6 Å². The second-order valence-electron chi connectivity index (χ2n) is 4.40. The van der Waals surface area contributed by atoms with Crippen molar-refractivity contribution in [2.45, 2.75) is 26.1 Å². The van der Waals surface area contributed by atoms with Gasteiger partial charge < -0.3 is 4.90 Å². The van der Waals surface area contributed by atoms with Crippen LogP contribution in [-0.4, -0.2) is 39.5 Å². The van der Waals surface area contributed by atoms with Crippen LogP contribution in [0.4, 0.5) is 18.9 Å². The van der Waals surface area contributed by atoms with Crippen molar-refractivity contribution in [1.82, 2.24) is 9.88 Å². The molecule has 1 aromatic rings. The molecule has 0 radical (unpaired) electrons. The number of carbonyl (C=O) groups is 1. The summed E-state index contributed by atoms with van der Waals surface area (Å²) < 4.78 is 37.5. The number of amides is 1. The van der Waals surface area contributed by atoms with E-state index in [0.717, 1.165) is 12.3 Å². The number of halogens is 4. The second-order valence-corrected chi connectivity index (χ2v) is 4.76. The molecule has 0 saturated carbocycles. The number of nitro groups is 1. The van der Waals surface area contributed by atoms with Crippen LogP contribution in [0.15, 0.2) is 12.3 Å². The number of hydrogen-bond acceptors (Lipinski definition) is 4. The van der Waals surface area contributed by atoms with Gasteiger partial charge in [0.05, 0.1) is 4.92 Å². The molecule has 1 aromatic heterocycles. The predicted molar refractivity (Wildman–Crippen MR) is 68.1 cm³/mol.